The van der Waals surface area contributed by atoms with Crippen molar-refractivity contribution < 1.29 is 0 Å². The van der Waals surface area contributed by atoms with Gasteiger partial charge in [-0.1, -0.05) is 0 Å². The Labute approximate surface area is 115 Å². The van der Waals surface area contributed by atoms with E-state index in [0.717, 1.165) is 16.6 Å². The molecule has 4 rings (SSSR count). The van der Waals surface area contributed by atoms with Gasteiger partial charge in [-0.3, -0.25) is 9.97 Å². The van der Waals surface area contributed by atoms with Gasteiger partial charge in [0.25, 0.3) is 0 Å². The fraction of sp³-hybridized carbons (Fsp3) is 0.0667. The molecule has 4 aromatic rings. The van der Waals surface area contributed by atoms with Crippen molar-refractivity contribution >= 4 is 32.6 Å². The van der Waals surface area contributed by atoms with Crippen molar-refractivity contribution in [2.75, 3.05) is 0 Å². The van der Waals surface area contributed by atoms with E-state index in [9.17, 15) is 0 Å². The van der Waals surface area contributed by atoms with E-state index in [0.29, 0.717) is 0 Å². The Kier molecular flexibility index (Phi) is 3.25. The van der Waals surface area contributed by atoms with Gasteiger partial charge in [0.2, 0.25) is 0 Å². The smallest absolute Gasteiger partial charge is 0.0878 e. The van der Waals surface area contributed by atoms with Crippen LogP contribution in [0.2, 0.25) is 0 Å². The zero-order chi connectivity index (χ0) is 13.1. The molecule has 4 heteroatoms. The highest BCUT2D eigenvalue weighted by molar-refractivity contribution is 7.18. The van der Waals surface area contributed by atoms with Gasteiger partial charge in [-0.05, 0) is 43.3 Å². The minimum absolute atomic E-state index is 1.03. The molecule has 0 aliphatic heterocycles. The quantitative estimate of drug-likeness (QED) is 0.519. The van der Waals surface area contributed by atoms with E-state index in [2.05, 4.69) is 34.0 Å². The molecule has 0 amide bonds. The van der Waals surface area contributed by atoms with E-state index < -0.39 is 0 Å². The number of aromatic nitrogens is 3. The number of fused-ring (bicyclic) bond motifs is 2. The number of aromatic amines is 1. The maximum Gasteiger partial charge on any atom is 0.0878 e. The summed E-state index contributed by atoms with van der Waals surface area (Å²) in [6.45, 7) is 2.10. The number of nitrogens with one attached hydrogen (secondary N) is 1. The minimum atomic E-state index is 1.03. The second kappa shape index (κ2) is 5.20. The van der Waals surface area contributed by atoms with Crippen LogP contribution in [0.15, 0.2) is 55.0 Å². The van der Waals surface area contributed by atoms with Crippen LogP contribution in [0.3, 0.4) is 0 Å². The summed E-state index contributed by atoms with van der Waals surface area (Å²) in [7, 11) is 0. The van der Waals surface area contributed by atoms with Crippen molar-refractivity contribution in [2.24, 2.45) is 0 Å². The molecule has 0 unspecified atom stereocenters. The molecule has 1 N–H and O–H groups in total. The van der Waals surface area contributed by atoms with Gasteiger partial charge in [0.05, 0.1) is 21.3 Å². The van der Waals surface area contributed by atoms with E-state index in [1.807, 2.05) is 36.7 Å². The second-order valence-corrected chi connectivity index (χ2v) is 5.45. The number of hydrogen-bond donors (Lipinski definition) is 1. The number of aryl methyl sites for hydroxylation is 1. The van der Waals surface area contributed by atoms with Crippen molar-refractivity contribution in [3.8, 4) is 0 Å². The average Bonchev–Trinajstić information content (AvgIpc) is 3.03. The van der Waals surface area contributed by atoms with Crippen LogP contribution in [0.5, 0.6) is 0 Å². The zero-order valence-corrected chi connectivity index (χ0v) is 11.3. The summed E-state index contributed by atoms with van der Waals surface area (Å²) >= 11 is 1.79. The first-order valence-electron chi connectivity index (χ1n) is 6.02. The van der Waals surface area contributed by atoms with E-state index in [1.54, 1.807) is 17.5 Å². The highest BCUT2D eigenvalue weighted by atomic mass is 32.1. The van der Waals surface area contributed by atoms with Gasteiger partial charge in [0, 0.05) is 23.5 Å². The van der Waals surface area contributed by atoms with Gasteiger partial charge in [-0.15, -0.1) is 11.3 Å². The van der Waals surface area contributed by atoms with Crippen LogP contribution in [-0.4, -0.2) is 15.0 Å². The number of hydrogen-bond acceptors (Lipinski definition) is 3. The largest absolute Gasteiger partial charge is 0.360 e. The second-order valence-electron chi connectivity index (χ2n) is 4.16. The van der Waals surface area contributed by atoms with Crippen LogP contribution in [0, 0.1) is 6.92 Å². The third-order valence-corrected chi connectivity index (χ3v) is 3.73. The van der Waals surface area contributed by atoms with E-state index in [-0.39, 0.29) is 0 Å². The van der Waals surface area contributed by atoms with Crippen molar-refractivity contribution in [3.63, 3.8) is 0 Å². The highest BCUT2D eigenvalue weighted by Gasteiger charge is 1.95. The molecule has 0 saturated heterocycles. The number of H-pyrrole nitrogens is 1. The number of thiophene rings is 1. The number of nitrogens with zero attached hydrogens (tertiary/aromatic N) is 2. The maximum absolute atomic E-state index is 4.21. The van der Waals surface area contributed by atoms with Crippen molar-refractivity contribution in [2.45, 2.75) is 6.92 Å². The predicted octanol–water partition coefficient (Wildman–Crippen LogP) is 4.17. The molecular formula is C15H13N3S. The van der Waals surface area contributed by atoms with Gasteiger partial charge in [0.15, 0.2) is 0 Å². The van der Waals surface area contributed by atoms with Crippen LogP contribution < -0.4 is 0 Å². The summed E-state index contributed by atoms with van der Waals surface area (Å²) in [5.41, 5.74) is 3.24. The molecule has 19 heavy (non-hydrogen) atoms. The third kappa shape index (κ3) is 2.63. The van der Waals surface area contributed by atoms with Gasteiger partial charge < -0.3 is 4.98 Å². The van der Waals surface area contributed by atoms with Crippen molar-refractivity contribution in [1.82, 2.24) is 15.0 Å². The van der Waals surface area contributed by atoms with Crippen LogP contribution in [-0.2, 0) is 0 Å². The fourth-order valence-electron chi connectivity index (χ4n) is 1.88. The van der Waals surface area contributed by atoms with Crippen molar-refractivity contribution in [1.29, 1.82) is 0 Å². The summed E-state index contributed by atoms with van der Waals surface area (Å²) in [5.74, 6) is 0. The lowest BCUT2D eigenvalue weighted by molar-refractivity contribution is 1.41. The molecule has 3 nitrogen and oxygen atoms in total. The Balaban J connectivity index is 0.000000117. The average molecular weight is 267 g/mol. The molecule has 94 valence electrons. The maximum atomic E-state index is 4.21. The van der Waals surface area contributed by atoms with Gasteiger partial charge in [0.1, 0.15) is 0 Å². The molecule has 4 heterocycles. The SMILES string of the molecule is Cc1cc2ncccc2s1.c1cnc2cc[nH]c2c1. The Morgan fingerprint density at radius 2 is 1.79 bits per heavy atom. The monoisotopic (exact) mass is 267 g/mol. The molecule has 0 radical (unpaired) electrons. The van der Waals surface area contributed by atoms with E-state index in [4.69, 9.17) is 0 Å². The number of pyridine rings is 2. The molecule has 4 aromatic heterocycles. The van der Waals surface area contributed by atoms with Gasteiger partial charge >= 0.3 is 0 Å². The van der Waals surface area contributed by atoms with Crippen molar-refractivity contribution in [3.05, 3.63) is 59.9 Å². The van der Waals surface area contributed by atoms with Crippen LogP contribution in [0.4, 0.5) is 0 Å². The summed E-state index contributed by atoms with van der Waals surface area (Å²) < 4.78 is 1.28. The van der Waals surface area contributed by atoms with E-state index >= 15 is 0 Å². The van der Waals surface area contributed by atoms with Gasteiger partial charge in [-0.25, -0.2) is 0 Å². The van der Waals surface area contributed by atoms with E-state index in [1.165, 1.54) is 9.58 Å². The molecule has 0 atom stereocenters. The Morgan fingerprint density at radius 1 is 1.00 bits per heavy atom. The molecule has 0 aliphatic rings. The normalized spacial score (nSPS) is 10.4. The molecule has 0 fully saturated rings. The molecule has 0 spiro atoms. The molecule has 0 saturated carbocycles. The topological polar surface area (TPSA) is 41.6 Å². The highest BCUT2D eigenvalue weighted by Crippen LogP contribution is 2.21. The minimum Gasteiger partial charge on any atom is -0.360 e. The standard InChI is InChI=1S/C8H7NS.C7H6N2/c1-6-5-7-8(10-6)3-2-4-9-7;1-2-6-7(8-4-1)3-5-9-6/h2-5H,1H3;1-5,9H. The van der Waals surface area contributed by atoms with Gasteiger partial charge in [-0.2, -0.15) is 0 Å². The lowest BCUT2D eigenvalue weighted by Crippen LogP contribution is -1.68. The lowest BCUT2D eigenvalue weighted by atomic mass is 10.4. The van der Waals surface area contributed by atoms with Crippen LogP contribution in [0.1, 0.15) is 4.88 Å². The van der Waals surface area contributed by atoms with Crippen LogP contribution in [0.25, 0.3) is 21.3 Å². The Bertz CT molecular complexity index is 738. The predicted molar refractivity (Wildman–Crippen MR) is 80.5 cm³/mol. The summed E-state index contributed by atoms with van der Waals surface area (Å²) in [4.78, 5) is 12.7. The number of rotatable bonds is 0. The molecule has 0 aromatic carbocycles. The summed E-state index contributed by atoms with van der Waals surface area (Å²) in [6.07, 6.45) is 5.50. The third-order valence-electron chi connectivity index (χ3n) is 2.73. The molecular weight excluding hydrogens is 254 g/mol. The molecule has 0 bridgehead atoms. The fourth-order valence-corrected chi connectivity index (χ4v) is 2.76. The zero-order valence-electron chi connectivity index (χ0n) is 10.5. The lowest BCUT2D eigenvalue weighted by Gasteiger charge is -1.82. The first-order valence-corrected chi connectivity index (χ1v) is 6.84. The Hall–Kier alpha value is -2.20. The first-order chi connectivity index (χ1) is 9.33. The summed E-state index contributed by atoms with van der Waals surface area (Å²) in [6, 6.07) is 12.1. The Morgan fingerprint density at radius 3 is 2.58 bits per heavy atom. The summed E-state index contributed by atoms with van der Waals surface area (Å²) in [5, 5.41) is 0. The first kappa shape index (κ1) is 11.9. The van der Waals surface area contributed by atoms with Crippen LogP contribution >= 0.6 is 11.3 Å². The molecule has 0 aliphatic carbocycles.